The van der Waals surface area contributed by atoms with E-state index in [4.69, 9.17) is 4.74 Å². The zero-order valence-corrected chi connectivity index (χ0v) is 13.4. The van der Waals surface area contributed by atoms with E-state index in [0.29, 0.717) is 5.56 Å². The minimum Gasteiger partial charge on any atom is -0.465 e. The van der Waals surface area contributed by atoms with Crippen LogP contribution in [0, 0.1) is 0 Å². The summed E-state index contributed by atoms with van der Waals surface area (Å²) < 4.78 is 5.86. The molecule has 1 aromatic carbocycles. The Bertz CT molecular complexity index is 506. The Morgan fingerprint density at radius 3 is 2.26 bits per heavy atom. The fourth-order valence-electron chi connectivity index (χ4n) is 1.53. The van der Waals surface area contributed by atoms with Crippen molar-refractivity contribution in [1.29, 1.82) is 0 Å². The summed E-state index contributed by atoms with van der Waals surface area (Å²) in [6.45, 7) is 8.00. The molecule has 0 atom stereocenters. The molecule has 0 aliphatic carbocycles. The van der Waals surface area contributed by atoms with E-state index in [1.54, 1.807) is 18.4 Å². The number of benzene rings is 1. The minimum atomic E-state index is -0.295. The lowest BCUT2D eigenvalue weighted by atomic mass is 10.1. The molecule has 0 amide bonds. The average Bonchev–Trinajstić information content (AvgIpc) is 2.89. The fraction of sp³-hybridized carbons (Fsp3) is 0.400. The van der Waals surface area contributed by atoms with Crippen LogP contribution in [-0.4, -0.2) is 20.1 Å². The van der Waals surface area contributed by atoms with E-state index in [2.05, 4.69) is 5.32 Å². The van der Waals surface area contributed by atoms with E-state index < -0.39 is 0 Å². The SMILES string of the molecule is CC.CC.CNc1sc2ccccc2c1C(=O)OC. The summed E-state index contributed by atoms with van der Waals surface area (Å²) in [5.41, 5.74) is 0.626. The minimum absolute atomic E-state index is 0.295. The van der Waals surface area contributed by atoms with Crippen molar-refractivity contribution >= 4 is 32.4 Å². The largest absolute Gasteiger partial charge is 0.465 e. The second-order valence-corrected chi connectivity index (χ2v) is 4.10. The van der Waals surface area contributed by atoms with Crippen LogP contribution in [0.5, 0.6) is 0 Å². The maximum absolute atomic E-state index is 11.6. The highest BCUT2D eigenvalue weighted by Gasteiger charge is 2.18. The molecule has 0 spiro atoms. The Balaban J connectivity index is 0.000000741. The Hall–Kier alpha value is -1.55. The molecule has 4 heteroatoms. The molecule has 3 nitrogen and oxygen atoms in total. The summed E-state index contributed by atoms with van der Waals surface area (Å²) in [4.78, 5) is 11.6. The lowest BCUT2D eigenvalue weighted by Crippen LogP contribution is -2.03. The van der Waals surface area contributed by atoms with Crippen LogP contribution in [0.25, 0.3) is 10.1 Å². The summed E-state index contributed by atoms with van der Waals surface area (Å²) >= 11 is 1.56. The molecule has 19 heavy (non-hydrogen) atoms. The van der Waals surface area contributed by atoms with Gasteiger partial charge in [0, 0.05) is 17.1 Å². The highest BCUT2D eigenvalue weighted by Crippen LogP contribution is 2.35. The predicted molar refractivity (Wildman–Crippen MR) is 85.4 cm³/mol. The van der Waals surface area contributed by atoms with E-state index in [-0.39, 0.29) is 5.97 Å². The molecule has 0 saturated heterocycles. The number of hydrogen-bond donors (Lipinski definition) is 1. The molecular formula is C15H23NO2S. The number of carbonyl (C=O) groups excluding carboxylic acids is 1. The van der Waals surface area contributed by atoms with Gasteiger partial charge in [0.1, 0.15) is 10.6 Å². The molecule has 0 saturated carbocycles. The molecule has 1 aromatic heterocycles. The summed E-state index contributed by atoms with van der Waals surface area (Å²) in [6.07, 6.45) is 0. The molecule has 2 aromatic rings. The van der Waals surface area contributed by atoms with Crippen LogP contribution in [0.1, 0.15) is 38.1 Å². The Morgan fingerprint density at radius 2 is 1.74 bits per heavy atom. The van der Waals surface area contributed by atoms with Gasteiger partial charge in [0.25, 0.3) is 0 Å². The van der Waals surface area contributed by atoms with Gasteiger partial charge < -0.3 is 10.1 Å². The Morgan fingerprint density at radius 1 is 1.16 bits per heavy atom. The third kappa shape index (κ3) is 3.96. The van der Waals surface area contributed by atoms with E-state index >= 15 is 0 Å². The molecule has 0 bridgehead atoms. The Labute approximate surface area is 119 Å². The molecule has 1 heterocycles. The van der Waals surface area contributed by atoms with Crippen molar-refractivity contribution in [3.8, 4) is 0 Å². The molecular weight excluding hydrogens is 258 g/mol. The molecule has 0 aliphatic heterocycles. The number of methoxy groups -OCH3 is 1. The van der Waals surface area contributed by atoms with Crippen LogP contribution >= 0.6 is 11.3 Å². The maximum atomic E-state index is 11.6. The van der Waals surface area contributed by atoms with Gasteiger partial charge in [-0.15, -0.1) is 11.3 Å². The number of carbonyl (C=O) groups is 1. The van der Waals surface area contributed by atoms with E-state index in [0.717, 1.165) is 15.1 Å². The predicted octanol–water partition coefficient (Wildman–Crippen LogP) is 4.78. The van der Waals surface area contributed by atoms with Gasteiger partial charge in [-0.1, -0.05) is 45.9 Å². The number of esters is 1. The normalized spacial score (nSPS) is 8.74. The number of fused-ring (bicyclic) bond motifs is 1. The van der Waals surface area contributed by atoms with Gasteiger partial charge in [0.2, 0.25) is 0 Å². The molecule has 106 valence electrons. The van der Waals surface area contributed by atoms with Gasteiger partial charge in [-0.3, -0.25) is 0 Å². The maximum Gasteiger partial charge on any atom is 0.341 e. The van der Waals surface area contributed by atoms with Gasteiger partial charge in [0.15, 0.2) is 0 Å². The summed E-state index contributed by atoms with van der Waals surface area (Å²) in [6, 6.07) is 7.80. The summed E-state index contributed by atoms with van der Waals surface area (Å²) in [5, 5.41) is 4.81. The van der Waals surface area contributed by atoms with Crippen molar-refractivity contribution in [2.45, 2.75) is 27.7 Å². The first-order chi connectivity index (χ1) is 9.27. The quantitative estimate of drug-likeness (QED) is 0.805. The molecule has 0 unspecified atom stereocenters. The zero-order chi connectivity index (χ0) is 14.8. The number of nitrogens with one attached hydrogen (secondary N) is 1. The van der Waals surface area contributed by atoms with Crippen LogP contribution < -0.4 is 5.32 Å². The van der Waals surface area contributed by atoms with Gasteiger partial charge in [-0.25, -0.2) is 4.79 Å². The van der Waals surface area contributed by atoms with Gasteiger partial charge in [-0.2, -0.15) is 0 Å². The van der Waals surface area contributed by atoms with Gasteiger partial charge in [0.05, 0.1) is 7.11 Å². The van der Waals surface area contributed by atoms with Gasteiger partial charge in [-0.05, 0) is 6.07 Å². The van der Waals surface area contributed by atoms with Crippen molar-refractivity contribution < 1.29 is 9.53 Å². The smallest absolute Gasteiger partial charge is 0.341 e. The van der Waals surface area contributed by atoms with E-state index in [1.165, 1.54) is 7.11 Å². The van der Waals surface area contributed by atoms with E-state index in [9.17, 15) is 4.79 Å². The number of anilines is 1. The average molecular weight is 281 g/mol. The highest BCUT2D eigenvalue weighted by atomic mass is 32.1. The standard InChI is InChI=1S/C11H11NO2S.2C2H6/c1-12-10-9(11(13)14-2)7-5-3-4-6-8(7)15-10;2*1-2/h3-6,12H,1-2H3;2*1-2H3. The third-order valence-electron chi connectivity index (χ3n) is 2.21. The topological polar surface area (TPSA) is 38.3 Å². The van der Waals surface area contributed by atoms with Crippen molar-refractivity contribution in [2.24, 2.45) is 0 Å². The van der Waals surface area contributed by atoms with Crippen molar-refractivity contribution in [2.75, 3.05) is 19.5 Å². The molecule has 0 aliphatic rings. The van der Waals surface area contributed by atoms with Crippen molar-refractivity contribution in [3.05, 3.63) is 29.8 Å². The number of ether oxygens (including phenoxy) is 1. The fourth-order valence-corrected chi connectivity index (χ4v) is 2.57. The zero-order valence-electron chi connectivity index (χ0n) is 12.5. The first-order valence-corrected chi connectivity index (χ1v) is 7.37. The molecule has 0 radical (unpaired) electrons. The van der Waals surface area contributed by atoms with Crippen molar-refractivity contribution in [1.82, 2.24) is 0 Å². The number of hydrogen-bond acceptors (Lipinski definition) is 4. The summed E-state index contributed by atoms with van der Waals surface area (Å²) in [7, 11) is 3.20. The first kappa shape index (κ1) is 17.4. The molecule has 1 N–H and O–H groups in total. The lowest BCUT2D eigenvalue weighted by molar-refractivity contribution is 0.0604. The van der Waals surface area contributed by atoms with Crippen LogP contribution in [0.3, 0.4) is 0 Å². The van der Waals surface area contributed by atoms with Crippen LogP contribution in [0.4, 0.5) is 5.00 Å². The summed E-state index contributed by atoms with van der Waals surface area (Å²) in [5.74, 6) is -0.295. The second-order valence-electron chi connectivity index (χ2n) is 3.04. The highest BCUT2D eigenvalue weighted by molar-refractivity contribution is 7.23. The lowest BCUT2D eigenvalue weighted by Gasteiger charge is -2.00. The molecule has 0 fully saturated rings. The number of thiophene rings is 1. The van der Waals surface area contributed by atoms with Crippen LogP contribution in [-0.2, 0) is 4.74 Å². The second kappa shape index (κ2) is 9.39. The van der Waals surface area contributed by atoms with Gasteiger partial charge >= 0.3 is 5.97 Å². The number of rotatable bonds is 2. The molecule has 2 rings (SSSR count). The van der Waals surface area contributed by atoms with E-state index in [1.807, 2.05) is 52.0 Å². The van der Waals surface area contributed by atoms with Crippen molar-refractivity contribution in [3.63, 3.8) is 0 Å². The van der Waals surface area contributed by atoms with Crippen LogP contribution in [0.2, 0.25) is 0 Å². The Kier molecular flexibility index (Phi) is 8.62. The van der Waals surface area contributed by atoms with Crippen LogP contribution in [0.15, 0.2) is 24.3 Å². The third-order valence-corrected chi connectivity index (χ3v) is 3.40. The monoisotopic (exact) mass is 281 g/mol. The first-order valence-electron chi connectivity index (χ1n) is 6.55.